The van der Waals surface area contributed by atoms with Crippen LogP contribution in [0.4, 0.5) is 0 Å². The molecule has 29 heavy (non-hydrogen) atoms. The van der Waals surface area contributed by atoms with Gasteiger partial charge in [-0.3, -0.25) is 0 Å². The zero-order chi connectivity index (χ0) is 24.2. The summed E-state index contributed by atoms with van der Waals surface area (Å²) in [6.07, 6.45) is 0. The molecule has 0 bridgehead atoms. The normalized spacial score (nSPS) is 8.79. The van der Waals surface area contributed by atoms with Gasteiger partial charge in [0, 0.05) is 17.9 Å². The molecule has 0 atom stereocenters. The molecule has 9 nitrogen and oxygen atoms in total. The molecule has 168 valence electrons. The molecular formula is C18H36Al2O9. The smallest absolute Gasteiger partial charge is 0.850 e. The minimum Gasteiger partial charge on any atom is -0.850 e. The molecule has 0 aliphatic carbocycles. The van der Waals surface area contributed by atoms with Crippen molar-refractivity contribution in [3.8, 4) is 0 Å². The Labute approximate surface area is 197 Å². The molecule has 11 heteroatoms. The van der Waals surface area contributed by atoms with Gasteiger partial charge in [-0.25, -0.2) is 0 Å². The summed E-state index contributed by atoms with van der Waals surface area (Å²) in [4.78, 5) is 26.7. The molecule has 0 spiro atoms. The Morgan fingerprint density at radius 2 is 0.448 bits per heavy atom. The molecule has 0 aromatic carbocycles. The Morgan fingerprint density at radius 3 is 0.448 bits per heavy atom. The fraction of sp³-hybridized carbons (Fsp3) is 0.833. The van der Waals surface area contributed by atoms with Crippen LogP contribution in [0.15, 0.2) is 0 Å². The number of carboxylic acid groups (broad SMARTS) is 3. The topological polar surface area (TPSA) is 190 Å². The second-order valence-corrected chi connectivity index (χ2v) is 7.81. The molecule has 0 rings (SSSR count). The van der Waals surface area contributed by atoms with Crippen LogP contribution in [0, 0.1) is 0 Å². The monoisotopic (exact) mass is 450 g/mol. The Hall–Kier alpha value is -0.645. The average Bonchev–Trinajstić information content (AvgIpc) is 2.01. The molecule has 0 aliphatic heterocycles. The number of carboxylic acids is 3. The predicted octanol–water partition coefficient (Wildman–Crippen LogP) is -4.06. The Balaban J connectivity index is -0.0000000301. The van der Waals surface area contributed by atoms with Crippen LogP contribution in [0.5, 0.6) is 0 Å². The van der Waals surface area contributed by atoms with Crippen molar-refractivity contribution in [3.63, 3.8) is 0 Å². The summed E-state index contributed by atoms with van der Waals surface area (Å²) in [5.74, 6) is -3.25. The van der Waals surface area contributed by atoms with Crippen molar-refractivity contribution in [2.24, 2.45) is 0 Å². The van der Waals surface area contributed by atoms with Gasteiger partial charge in [-0.05, 0) is 20.8 Å². The first-order chi connectivity index (χ1) is 11.2. The number of hydrogen-bond donors (Lipinski definition) is 0. The van der Waals surface area contributed by atoms with Crippen molar-refractivity contribution in [1.82, 2.24) is 0 Å². The van der Waals surface area contributed by atoms with Gasteiger partial charge in [0.25, 0.3) is 0 Å². The molecule has 0 saturated heterocycles. The van der Waals surface area contributed by atoms with E-state index in [4.69, 9.17) is 29.7 Å². The minimum absolute atomic E-state index is 0. The van der Waals surface area contributed by atoms with E-state index in [9.17, 15) is 15.3 Å². The van der Waals surface area contributed by atoms with Gasteiger partial charge in [0.1, 0.15) is 0 Å². The van der Waals surface area contributed by atoms with Crippen LogP contribution in [0.3, 0.4) is 0 Å². The van der Waals surface area contributed by atoms with Gasteiger partial charge >= 0.3 is 34.7 Å². The summed E-state index contributed by atoms with van der Waals surface area (Å²) >= 11 is 0. The fourth-order valence-electron chi connectivity index (χ4n) is 0. The van der Waals surface area contributed by atoms with Crippen molar-refractivity contribution in [3.05, 3.63) is 0 Å². The Kier molecular flexibility index (Phi) is 48.3. The summed E-state index contributed by atoms with van der Waals surface area (Å²) in [7, 11) is 0. The molecule has 0 fully saturated rings. The number of hydrogen-bond acceptors (Lipinski definition) is 9. The van der Waals surface area contributed by atoms with Crippen molar-refractivity contribution in [2.45, 2.75) is 99.9 Å². The van der Waals surface area contributed by atoms with E-state index in [1.165, 1.54) is 0 Å². The molecule has 0 unspecified atom stereocenters. The van der Waals surface area contributed by atoms with Crippen molar-refractivity contribution < 1.29 is 45.0 Å². The third-order valence-corrected chi connectivity index (χ3v) is 0. The maximum atomic E-state index is 10.1. The second-order valence-electron chi connectivity index (χ2n) is 7.81. The first-order valence-corrected chi connectivity index (χ1v) is 7.84. The maximum absolute atomic E-state index is 10.1. The maximum Gasteiger partial charge on any atom is 3.00 e. The van der Waals surface area contributed by atoms with E-state index in [1.807, 2.05) is 0 Å². The third kappa shape index (κ3) is 42300. The summed E-state index contributed by atoms with van der Waals surface area (Å²) in [6, 6.07) is 0. The number of carbonyl (C=O) groups is 3. The largest absolute Gasteiger partial charge is 3.00 e. The zero-order valence-corrected chi connectivity index (χ0v) is 22.1. The molecule has 0 aromatic heterocycles. The number of carbonyl (C=O) groups excluding carboxylic acids is 3. The number of aliphatic carboxylic acids is 3. The molecule has 0 saturated carbocycles. The van der Waals surface area contributed by atoms with Gasteiger partial charge in [0.05, 0.1) is 0 Å². The van der Waals surface area contributed by atoms with Crippen LogP contribution in [0.25, 0.3) is 0 Å². The van der Waals surface area contributed by atoms with Crippen molar-refractivity contribution in [1.29, 1.82) is 0 Å². The van der Waals surface area contributed by atoms with Crippen molar-refractivity contribution in [2.75, 3.05) is 0 Å². The zero-order valence-electron chi connectivity index (χ0n) is 19.8. The SMILES string of the molecule is CC(=O)[O-].CC(=O)[O-].CC(=O)[O-].CC(C)(C)[O-].CC(C)(C)[O-].CC(C)(C)[O-].[Al+3].[Al+3]. The molecule has 0 aromatic rings. The Bertz CT molecular complexity index is 280. The third-order valence-electron chi connectivity index (χ3n) is 0. The van der Waals surface area contributed by atoms with Gasteiger partial charge in [-0.2, -0.15) is 0 Å². The molecule has 0 N–H and O–H groups in total. The molecular weight excluding hydrogens is 414 g/mol. The van der Waals surface area contributed by atoms with Crippen molar-refractivity contribution >= 4 is 52.6 Å². The van der Waals surface area contributed by atoms with E-state index >= 15 is 0 Å². The average molecular weight is 450 g/mol. The van der Waals surface area contributed by atoms with E-state index < -0.39 is 34.7 Å². The van der Waals surface area contributed by atoms with E-state index in [0.717, 1.165) is 20.8 Å². The summed E-state index contributed by atoms with van der Waals surface area (Å²) in [5.41, 5.74) is -2.25. The second kappa shape index (κ2) is 27.4. The van der Waals surface area contributed by atoms with Gasteiger partial charge in [0.2, 0.25) is 0 Å². The standard InChI is InChI=1S/3C4H9O.3C2H4O2.2Al/c3*1-4(2,3)5;3*1-2(3)4;;/h3*1-3H3;3*1H3,(H,3,4);;/q3*-1;;;;2*+3/p-3. The quantitative estimate of drug-likeness (QED) is 0.330. The van der Waals surface area contributed by atoms with Gasteiger partial charge < -0.3 is 45.0 Å². The summed E-state index contributed by atoms with van der Waals surface area (Å²) < 4.78 is 0. The van der Waals surface area contributed by atoms with E-state index in [0.29, 0.717) is 0 Å². The molecule has 0 radical (unpaired) electrons. The van der Waals surface area contributed by atoms with Gasteiger partial charge in [0.15, 0.2) is 0 Å². The van der Waals surface area contributed by atoms with Crippen LogP contribution >= 0.6 is 0 Å². The molecule has 0 amide bonds. The van der Waals surface area contributed by atoms with Crippen LogP contribution in [0.2, 0.25) is 0 Å². The fourth-order valence-corrected chi connectivity index (χ4v) is 0. The summed E-state index contributed by atoms with van der Waals surface area (Å²) in [6.45, 7) is 17.6. The summed E-state index contributed by atoms with van der Waals surface area (Å²) in [5, 5.41) is 57.0. The van der Waals surface area contributed by atoms with Gasteiger partial charge in [-0.1, -0.05) is 62.3 Å². The van der Waals surface area contributed by atoms with Crippen LogP contribution in [0.1, 0.15) is 83.1 Å². The number of rotatable bonds is 0. The van der Waals surface area contributed by atoms with Gasteiger partial charge in [-0.15, -0.1) is 16.8 Å². The first kappa shape index (κ1) is 51.2. The van der Waals surface area contributed by atoms with E-state index in [-0.39, 0.29) is 34.7 Å². The van der Waals surface area contributed by atoms with E-state index in [1.54, 1.807) is 62.3 Å². The Morgan fingerprint density at radius 1 is 0.448 bits per heavy atom. The van der Waals surface area contributed by atoms with Crippen LogP contribution < -0.4 is 30.6 Å². The minimum atomic E-state index is -1.08. The first-order valence-electron chi connectivity index (χ1n) is 7.84. The van der Waals surface area contributed by atoms with Crippen LogP contribution in [-0.2, 0) is 14.4 Å². The van der Waals surface area contributed by atoms with E-state index in [2.05, 4.69) is 0 Å². The molecule has 0 heterocycles. The molecule has 0 aliphatic rings. The predicted molar refractivity (Wildman–Crippen MR) is 103 cm³/mol. The van der Waals surface area contributed by atoms with Crippen LogP contribution in [-0.4, -0.2) is 69.4 Å².